The highest BCUT2D eigenvalue weighted by atomic mass is 16.3. The van der Waals surface area contributed by atoms with Crippen molar-refractivity contribution in [2.75, 3.05) is 13.1 Å². The number of allylic oxidation sites excluding steroid dienone is 1. The lowest BCUT2D eigenvalue weighted by atomic mass is 10.4. The van der Waals surface area contributed by atoms with Gasteiger partial charge in [-0.1, -0.05) is 0 Å². The fraction of sp³-hybridized carbons (Fsp3) is 0.625. The third-order valence-electron chi connectivity index (χ3n) is 1.76. The van der Waals surface area contributed by atoms with Crippen molar-refractivity contribution >= 4 is 0 Å². The first-order valence-corrected chi connectivity index (χ1v) is 3.78. The van der Waals surface area contributed by atoms with Gasteiger partial charge in [0.05, 0.1) is 6.92 Å². The topological polar surface area (TPSA) is 23.5 Å². The van der Waals surface area contributed by atoms with E-state index in [-0.39, 0.29) is 0 Å². The molecule has 1 heterocycles. The molecule has 0 amide bonds. The lowest BCUT2D eigenvalue weighted by Crippen LogP contribution is -2.17. The van der Waals surface area contributed by atoms with Crippen LogP contribution in [0.1, 0.15) is 19.3 Å². The highest BCUT2D eigenvalue weighted by Crippen LogP contribution is 2.12. The molecule has 2 heteroatoms. The molecule has 0 saturated carbocycles. The molecule has 0 spiro atoms. The van der Waals surface area contributed by atoms with Crippen molar-refractivity contribution in [2.24, 2.45) is 0 Å². The third-order valence-corrected chi connectivity index (χ3v) is 1.76. The second-order valence-corrected chi connectivity index (χ2v) is 2.55. The summed E-state index contributed by atoms with van der Waals surface area (Å²) in [7, 11) is 0. The van der Waals surface area contributed by atoms with Gasteiger partial charge in [0, 0.05) is 19.2 Å². The van der Waals surface area contributed by atoms with Crippen LogP contribution in [0.5, 0.6) is 0 Å². The number of hydrogen-bond acceptors (Lipinski definition) is 2. The Hall–Kier alpha value is -0.790. The average Bonchev–Trinajstić information content (AvgIpc) is 2.38. The number of hydrogen-bond donors (Lipinski definition) is 1. The standard InChI is InChI=1S/C8H13NO/c1-2-5-8(10)9-6-3-4-7-9/h5H,1-4,6-7H2/p+1. The van der Waals surface area contributed by atoms with Gasteiger partial charge in [0.15, 0.2) is 5.88 Å². The van der Waals surface area contributed by atoms with E-state index in [2.05, 4.69) is 6.92 Å². The summed E-state index contributed by atoms with van der Waals surface area (Å²) in [6.45, 7) is 5.64. The largest absolute Gasteiger partial charge is 0.495 e. The van der Waals surface area contributed by atoms with Crippen LogP contribution in [0, 0.1) is 6.92 Å². The maximum absolute atomic E-state index is 9.30. The summed E-state index contributed by atoms with van der Waals surface area (Å²) in [5.41, 5.74) is 0. The maximum Gasteiger partial charge on any atom is 0.186 e. The predicted octanol–water partition coefficient (Wildman–Crippen LogP) is 1.71. The number of nitrogens with zero attached hydrogens (tertiary/aromatic N) is 1. The van der Waals surface area contributed by atoms with Crippen molar-refractivity contribution in [3.8, 4) is 0 Å². The van der Waals surface area contributed by atoms with Crippen LogP contribution in [0.4, 0.5) is 0 Å². The van der Waals surface area contributed by atoms with Crippen LogP contribution in [-0.4, -0.2) is 23.1 Å². The average molecular weight is 140 g/mol. The van der Waals surface area contributed by atoms with Gasteiger partial charge < -0.3 is 10.0 Å². The number of rotatable bonds is 2. The van der Waals surface area contributed by atoms with E-state index < -0.39 is 0 Å². The summed E-state index contributed by atoms with van der Waals surface area (Å²) in [5.74, 6) is 0.410. The summed E-state index contributed by atoms with van der Waals surface area (Å²) in [6.07, 6.45) is 4.83. The maximum atomic E-state index is 9.30. The van der Waals surface area contributed by atoms with E-state index >= 15 is 0 Å². The first-order chi connectivity index (χ1) is 4.84. The van der Waals surface area contributed by atoms with Crippen LogP contribution >= 0.6 is 0 Å². The molecule has 0 radical (unpaired) electrons. The lowest BCUT2D eigenvalue weighted by molar-refractivity contribution is 0.231. The van der Waals surface area contributed by atoms with Gasteiger partial charge in [-0.2, -0.15) is 0 Å². The van der Waals surface area contributed by atoms with Crippen LogP contribution in [0.15, 0.2) is 12.0 Å². The minimum absolute atomic E-state index is 0.410. The lowest BCUT2D eigenvalue weighted by Gasteiger charge is -2.14. The van der Waals surface area contributed by atoms with Gasteiger partial charge in [0.25, 0.3) is 0 Å². The minimum atomic E-state index is 0.410. The molecule has 1 aliphatic heterocycles. The quantitative estimate of drug-likeness (QED) is 0.466. The van der Waals surface area contributed by atoms with Crippen LogP contribution in [0.25, 0.3) is 0 Å². The van der Waals surface area contributed by atoms with E-state index in [1.807, 2.05) is 4.90 Å². The molecule has 0 aromatic carbocycles. The van der Waals surface area contributed by atoms with Crippen molar-refractivity contribution < 1.29 is 5.11 Å². The molecule has 0 unspecified atom stereocenters. The van der Waals surface area contributed by atoms with Gasteiger partial charge >= 0.3 is 0 Å². The molecule has 10 heavy (non-hydrogen) atoms. The fourth-order valence-electron chi connectivity index (χ4n) is 1.20. The summed E-state index contributed by atoms with van der Waals surface area (Å²) < 4.78 is 0. The summed E-state index contributed by atoms with van der Waals surface area (Å²) in [5, 5.41) is 9.30. The van der Waals surface area contributed by atoms with Crippen LogP contribution in [0.2, 0.25) is 0 Å². The van der Waals surface area contributed by atoms with Gasteiger partial charge in [-0.15, -0.1) is 0 Å². The first-order valence-electron chi connectivity index (χ1n) is 3.78. The van der Waals surface area contributed by atoms with E-state index in [1.54, 1.807) is 6.08 Å². The van der Waals surface area contributed by atoms with Gasteiger partial charge in [-0.05, 0) is 12.8 Å². The molecule has 1 aliphatic rings. The molecule has 2 nitrogen and oxygen atoms in total. The number of likely N-dealkylation sites (tertiary alicyclic amines) is 1. The third kappa shape index (κ3) is 1.59. The van der Waals surface area contributed by atoms with Crippen LogP contribution in [0.3, 0.4) is 0 Å². The van der Waals surface area contributed by atoms with Crippen molar-refractivity contribution in [1.82, 2.24) is 4.90 Å². The zero-order chi connectivity index (χ0) is 7.40. The summed E-state index contributed by atoms with van der Waals surface area (Å²) >= 11 is 0. The van der Waals surface area contributed by atoms with Crippen molar-refractivity contribution in [3.63, 3.8) is 0 Å². The molecule has 0 aliphatic carbocycles. The van der Waals surface area contributed by atoms with Gasteiger partial charge in [-0.25, -0.2) is 0 Å². The zero-order valence-electron chi connectivity index (χ0n) is 6.21. The molecule has 1 saturated heterocycles. The molecule has 1 rings (SSSR count). The SMILES string of the molecule is [CH2+]CC=C(O)N1CCCC1. The first kappa shape index (κ1) is 7.32. The van der Waals surface area contributed by atoms with E-state index in [1.165, 1.54) is 12.8 Å². The molecule has 0 atom stereocenters. The smallest absolute Gasteiger partial charge is 0.186 e. The molecule has 0 aromatic rings. The molecule has 1 fully saturated rings. The van der Waals surface area contributed by atoms with Crippen molar-refractivity contribution in [3.05, 3.63) is 18.9 Å². The van der Waals surface area contributed by atoms with Crippen LogP contribution in [-0.2, 0) is 0 Å². The fourth-order valence-corrected chi connectivity index (χ4v) is 1.20. The van der Waals surface area contributed by atoms with Gasteiger partial charge in [-0.3, -0.25) is 0 Å². The Labute approximate surface area is 62.2 Å². The number of aliphatic hydroxyl groups excluding tert-OH is 1. The van der Waals surface area contributed by atoms with Crippen LogP contribution < -0.4 is 0 Å². The predicted molar refractivity (Wildman–Crippen MR) is 41.5 cm³/mol. The molecule has 0 bridgehead atoms. The normalized spacial score (nSPS) is 20.0. The molecular weight excluding hydrogens is 126 g/mol. The second kappa shape index (κ2) is 3.40. The van der Waals surface area contributed by atoms with Gasteiger partial charge in [0.1, 0.15) is 6.42 Å². The Morgan fingerprint density at radius 3 is 2.60 bits per heavy atom. The van der Waals surface area contributed by atoms with E-state index in [0.29, 0.717) is 12.3 Å². The Morgan fingerprint density at radius 2 is 2.10 bits per heavy atom. The molecular formula is C8H14NO+. The molecule has 1 N–H and O–H groups in total. The van der Waals surface area contributed by atoms with E-state index in [4.69, 9.17) is 0 Å². The van der Waals surface area contributed by atoms with Crippen molar-refractivity contribution in [1.29, 1.82) is 0 Å². The highest BCUT2D eigenvalue weighted by Gasteiger charge is 2.12. The molecule has 56 valence electrons. The second-order valence-electron chi connectivity index (χ2n) is 2.55. The Kier molecular flexibility index (Phi) is 2.49. The Bertz CT molecular complexity index is 125. The van der Waals surface area contributed by atoms with E-state index in [9.17, 15) is 5.11 Å². The monoisotopic (exact) mass is 140 g/mol. The number of aliphatic hydroxyl groups is 1. The summed E-state index contributed by atoms with van der Waals surface area (Å²) in [6, 6.07) is 0. The van der Waals surface area contributed by atoms with E-state index in [0.717, 1.165) is 13.1 Å². The Morgan fingerprint density at radius 1 is 1.50 bits per heavy atom. The highest BCUT2D eigenvalue weighted by molar-refractivity contribution is 4.93. The minimum Gasteiger partial charge on any atom is -0.495 e. The van der Waals surface area contributed by atoms with Gasteiger partial charge in [0.2, 0.25) is 0 Å². The zero-order valence-corrected chi connectivity index (χ0v) is 6.21. The summed E-state index contributed by atoms with van der Waals surface area (Å²) in [4.78, 5) is 1.99. The molecule has 0 aromatic heterocycles. The van der Waals surface area contributed by atoms with Crippen molar-refractivity contribution in [2.45, 2.75) is 19.3 Å². The Balaban J connectivity index is 2.39.